The highest BCUT2D eigenvalue weighted by Crippen LogP contribution is 2.16. The number of pyridine rings is 1. The van der Waals surface area contributed by atoms with E-state index in [9.17, 15) is 0 Å². The van der Waals surface area contributed by atoms with Gasteiger partial charge in [0.05, 0.1) is 12.1 Å². The van der Waals surface area contributed by atoms with Gasteiger partial charge in [-0.2, -0.15) is 0 Å². The maximum Gasteiger partial charge on any atom is 0.0704 e. The van der Waals surface area contributed by atoms with Gasteiger partial charge in [0.1, 0.15) is 0 Å². The number of hydrogen-bond donors (Lipinski definition) is 2. The van der Waals surface area contributed by atoms with E-state index in [2.05, 4.69) is 4.98 Å². The summed E-state index contributed by atoms with van der Waals surface area (Å²) in [6, 6.07) is 9.71. The van der Waals surface area contributed by atoms with Gasteiger partial charge in [-0.3, -0.25) is 4.98 Å². The maximum absolute atomic E-state index is 8.93. The van der Waals surface area contributed by atoms with Gasteiger partial charge < -0.3 is 10.8 Å². The van der Waals surface area contributed by atoms with Crippen LogP contribution >= 0.6 is 0 Å². The van der Waals surface area contributed by atoms with Crippen LogP contribution in [-0.4, -0.2) is 22.7 Å². The predicted octanol–water partition coefficient (Wildman–Crippen LogP) is 1.10. The van der Waals surface area contributed by atoms with Gasteiger partial charge in [0.2, 0.25) is 0 Å². The van der Waals surface area contributed by atoms with Crippen LogP contribution in [0, 0.1) is 0 Å². The molecule has 0 amide bonds. The van der Waals surface area contributed by atoms with E-state index >= 15 is 0 Å². The molecule has 3 N–H and O–H groups in total. The highest BCUT2D eigenvalue weighted by Gasteiger charge is 2.05. The van der Waals surface area contributed by atoms with E-state index < -0.39 is 0 Å². The lowest BCUT2D eigenvalue weighted by Crippen LogP contribution is -2.26. The molecule has 0 aliphatic heterocycles. The SMILES string of the molecule is NC(CO)Cc1ccnc2ccccc12. The van der Waals surface area contributed by atoms with Gasteiger partial charge in [0, 0.05) is 17.6 Å². The van der Waals surface area contributed by atoms with Crippen molar-refractivity contribution in [2.24, 2.45) is 5.73 Å². The summed E-state index contributed by atoms with van der Waals surface area (Å²) in [5.41, 5.74) is 7.84. The number of aliphatic hydroxyl groups is 1. The van der Waals surface area contributed by atoms with Crippen LogP contribution in [0.4, 0.5) is 0 Å². The van der Waals surface area contributed by atoms with E-state index in [1.54, 1.807) is 6.20 Å². The molecule has 0 aliphatic rings. The van der Waals surface area contributed by atoms with Crippen molar-refractivity contribution in [1.29, 1.82) is 0 Å². The van der Waals surface area contributed by atoms with E-state index in [0.717, 1.165) is 16.5 Å². The number of fused-ring (bicyclic) bond motifs is 1. The van der Waals surface area contributed by atoms with Gasteiger partial charge in [0.15, 0.2) is 0 Å². The van der Waals surface area contributed by atoms with Gasteiger partial charge in [-0.05, 0) is 24.1 Å². The van der Waals surface area contributed by atoms with E-state index in [1.807, 2.05) is 30.3 Å². The molecule has 0 aliphatic carbocycles. The van der Waals surface area contributed by atoms with Crippen molar-refractivity contribution in [3.63, 3.8) is 0 Å². The number of para-hydroxylation sites is 1. The largest absolute Gasteiger partial charge is 0.395 e. The Morgan fingerprint density at radius 3 is 2.87 bits per heavy atom. The number of rotatable bonds is 3. The third kappa shape index (κ3) is 2.14. The van der Waals surface area contributed by atoms with Crippen LogP contribution < -0.4 is 5.73 Å². The molecule has 1 aromatic heterocycles. The molecular formula is C12H14N2O. The molecule has 0 spiro atoms. The Morgan fingerprint density at radius 1 is 1.27 bits per heavy atom. The summed E-state index contributed by atoms with van der Waals surface area (Å²) < 4.78 is 0. The van der Waals surface area contributed by atoms with Crippen LogP contribution in [0.5, 0.6) is 0 Å². The number of hydrogen-bond acceptors (Lipinski definition) is 3. The highest BCUT2D eigenvalue weighted by molar-refractivity contribution is 5.81. The summed E-state index contributed by atoms with van der Waals surface area (Å²) in [5.74, 6) is 0. The van der Waals surface area contributed by atoms with E-state index in [0.29, 0.717) is 6.42 Å². The average Bonchev–Trinajstić information content (AvgIpc) is 2.29. The third-order valence-corrected chi connectivity index (χ3v) is 2.46. The predicted molar refractivity (Wildman–Crippen MR) is 60.5 cm³/mol. The van der Waals surface area contributed by atoms with Crippen molar-refractivity contribution in [1.82, 2.24) is 4.98 Å². The van der Waals surface area contributed by atoms with Crippen molar-refractivity contribution in [2.75, 3.05) is 6.61 Å². The lowest BCUT2D eigenvalue weighted by atomic mass is 10.0. The zero-order valence-corrected chi connectivity index (χ0v) is 8.43. The molecular weight excluding hydrogens is 188 g/mol. The lowest BCUT2D eigenvalue weighted by Gasteiger charge is -2.10. The average molecular weight is 202 g/mol. The molecule has 78 valence electrons. The first-order valence-corrected chi connectivity index (χ1v) is 5.00. The summed E-state index contributed by atoms with van der Waals surface area (Å²) in [4.78, 5) is 4.27. The Hall–Kier alpha value is -1.45. The van der Waals surface area contributed by atoms with Gasteiger partial charge in [0.25, 0.3) is 0 Å². The van der Waals surface area contributed by atoms with Gasteiger partial charge in [-0.15, -0.1) is 0 Å². The summed E-state index contributed by atoms with van der Waals surface area (Å²) in [7, 11) is 0. The number of aliphatic hydroxyl groups excluding tert-OH is 1. The molecule has 1 unspecified atom stereocenters. The maximum atomic E-state index is 8.93. The van der Waals surface area contributed by atoms with Gasteiger partial charge in [-0.25, -0.2) is 0 Å². The molecule has 3 heteroatoms. The normalized spacial score (nSPS) is 12.9. The molecule has 0 saturated carbocycles. The highest BCUT2D eigenvalue weighted by atomic mass is 16.3. The monoisotopic (exact) mass is 202 g/mol. The Labute approximate surface area is 88.6 Å². The second-order valence-electron chi connectivity index (χ2n) is 3.63. The quantitative estimate of drug-likeness (QED) is 0.783. The summed E-state index contributed by atoms with van der Waals surface area (Å²) in [6.07, 6.45) is 2.46. The van der Waals surface area contributed by atoms with Crippen LogP contribution in [0.3, 0.4) is 0 Å². The zero-order chi connectivity index (χ0) is 10.7. The van der Waals surface area contributed by atoms with Crippen molar-refractivity contribution in [3.8, 4) is 0 Å². The van der Waals surface area contributed by atoms with Crippen LogP contribution in [0.15, 0.2) is 36.5 Å². The Balaban J connectivity index is 2.42. The fourth-order valence-electron chi connectivity index (χ4n) is 1.68. The fourth-order valence-corrected chi connectivity index (χ4v) is 1.68. The number of benzene rings is 1. The lowest BCUT2D eigenvalue weighted by molar-refractivity contribution is 0.265. The van der Waals surface area contributed by atoms with E-state index in [1.165, 1.54) is 0 Å². The molecule has 1 heterocycles. The Kier molecular flexibility index (Phi) is 2.94. The Bertz CT molecular complexity index is 451. The standard InChI is InChI=1S/C12H14N2O/c13-10(8-15)7-9-5-6-14-12-4-2-1-3-11(9)12/h1-6,10,15H,7-8,13H2. The van der Waals surface area contributed by atoms with Gasteiger partial charge in [-0.1, -0.05) is 18.2 Å². The first-order chi connectivity index (χ1) is 7.31. The van der Waals surface area contributed by atoms with Crippen LogP contribution in [0.25, 0.3) is 10.9 Å². The van der Waals surface area contributed by atoms with Crippen LogP contribution in [0.1, 0.15) is 5.56 Å². The molecule has 0 saturated heterocycles. The topological polar surface area (TPSA) is 59.1 Å². The summed E-state index contributed by atoms with van der Waals surface area (Å²) >= 11 is 0. The van der Waals surface area contributed by atoms with Crippen molar-refractivity contribution < 1.29 is 5.11 Å². The van der Waals surface area contributed by atoms with Crippen molar-refractivity contribution in [2.45, 2.75) is 12.5 Å². The molecule has 0 fully saturated rings. The molecule has 2 aromatic rings. The molecule has 1 atom stereocenters. The first kappa shape index (κ1) is 10.1. The van der Waals surface area contributed by atoms with E-state index in [-0.39, 0.29) is 12.6 Å². The second-order valence-corrected chi connectivity index (χ2v) is 3.63. The number of aromatic nitrogens is 1. The number of nitrogens with zero attached hydrogens (tertiary/aromatic N) is 1. The summed E-state index contributed by atoms with van der Waals surface area (Å²) in [5, 5.41) is 10.0. The Morgan fingerprint density at radius 2 is 2.07 bits per heavy atom. The minimum atomic E-state index is -0.198. The molecule has 2 rings (SSSR count). The van der Waals surface area contributed by atoms with Crippen LogP contribution in [0.2, 0.25) is 0 Å². The molecule has 0 radical (unpaired) electrons. The van der Waals surface area contributed by atoms with E-state index in [4.69, 9.17) is 10.8 Å². The van der Waals surface area contributed by atoms with Crippen LogP contribution in [-0.2, 0) is 6.42 Å². The molecule has 0 bridgehead atoms. The number of nitrogens with two attached hydrogens (primary N) is 1. The zero-order valence-electron chi connectivity index (χ0n) is 8.43. The molecule has 15 heavy (non-hydrogen) atoms. The minimum absolute atomic E-state index is 0.0106. The molecule has 1 aromatic carbocycles. The summed E-state index contributed by atoms with van der Waals surface area (Å²) in [6.45, 7) is 0.0106. The fraction of sp³-hybridized carbons (Fsp3) is 0.250. The second kappa shape index (κ2) is 4.38. The van der Waals surface area contributed by atoms with Gasteiger partial charge >= 0.3 is 0 Å². The van der Waals surface area contributed by atoms with Crippen molar-refractivity contribution in [3.05, 3.63) is 42.1 Å². The smallest absolute Gasteiger partial charge is 0.0704 e. The molecule has 3 nitrogen and oxygen atoms in total. The minimum Gasteiger partial charge on any atom is -0.395 e. The van der Waals surface area contributed by atoms with Crippen molar-refractivity contribution >= 4 is 10.9 Å². The first-order valence-electron chi connectivity index (χ1n) is 5.00. The third-order valence-electron chi connectivity index (χ3n) is 2.46.